The van der Waals surface area contributed by atoms with E-state index in [4.69, 9.17) is 16.7 Å². The topological polar surface area (TPSA) is 80.9 Å². The lowest BCUT2D eigenvalue weighted by Gasteiger charge is -2.04. The summed E-state index contributed by atoms with van der Waals surface area (Å²) in [6.45, 7) is 0. The van der Waals surface area contributed by atoms with Gasteiger partial charge < -0.3 is 5.11 Å². The summed E-state index contributed by atoms with van der Waals surface area (Å²) in [4.78, 5) is 22.3. The predicted octanol–water partition coefficient (Wildman–Crippen LogP) is 3.19. The van der Waals surface area contributed by atoms with Gasteiger partial charge in [0, 0.05) is 12.4 Å². The first kappa shape index (κ1) is 15.2. The van der Waals surface area contributed by atoms with Gasteiger partial charge in [-0.3, -0.25) is 4.57 Å². The van der Waals surface area contributed by atoms with Crippen molar-refractivity contribution in [2.75, 3.05) is 0 Å². The number of halogens is 4. The van der Waals surface area contributed by atoms with Gasteiger partial charge in [-0.05, 0) is 12.1 Å². The van der Waals surface area contributed by atoms with Crippen molar-refractivity contribution in [3.05, 3.63) is 47.1 Å². The van der Waals surface area contributed by atoms with Crippen molar-refractivity contribution in [2.24, 2.45) is 0 Å². The minimum Gasteiger partial charge on any atom is -0.478 e. The fourth-order valence-electron chi connectivity index (χ4n) is 2.10. The first-order valence-corrected chi connectivity index (χ1v) is 6.45. The third-order valence-electron chi connectivity index (χ3n) is 3.08. The molecule has 0 aliphatic carbocycles. The molecule has 0 bridgehead atoms. The van der Waals surface area contributed by atoms with Crippen LogP contribution in [0.2, 0.25) is 5.15 Å². The van der Waals surface area contributed by atoms with Crippen LogP contribution in [0, 0.1) is 0 Å². The Morgan fingerprint density at radius 3 is 2.65 bits per heavy atom. The average Bonchev–Trinajstić information content (AvgIpc) is 2.88. The number of carboxylic acid groups (broad SMARTS) is 1. The molecular formula is C13H6ClF3N4O2. The van der Waals surface area contributed by atoms with Gasteiger partial charge >= 0.3 is 12.1 Å². The molecule has 3 aromatic rings. The Hall–Kier alpha value is -2.68. The van der Waals surface area contributed by atoms with Crippen molar-refractivity contribution >= 4 is 28.6 Å². The van der Waals surface area contributed by atoms with Crippen molar-refractivity contribution in [1.29, 1.82) is 0 Å². The van der Waals surface area contributed by atoms with E-state index in [1.54, 1.807) is 0 Å². The first-order chi connectivity index (χ1) is 10.8. The van der Waals surface area contributed by atoms with Gasteiger partial charge in [0.25, 0.3) is 0 Å². The number of aromatic nitrogens is 4. The molecule has 0 aliphatic heterocycles. The van der Waals surface area contributed by atoms with E-state index in [9.17, 15) is 18.0 Å². The second-order valence-corrected chi connectivity index (χ2v) is 4.84. The van der Waals surface area contributed by atoms with Crippen molar-refractivity contribution in [3.8, 4) is 5.82 Å². The van der Waals surface area contributed by atoms with Crippen LogP contribution in [0.5, 0.6) is 0 Å². The van der Waals surface area contributed by atoms with E-state index in [0.29, 0.717) is 0 Å². The molecule has 0 unspecified atom stereocenters. The van der Waals surface area contributed by atoms with E-state index in [2.05, 4.69) is 15.0 Å². The Morgan fingerprint density at radius 2 is 2.00 bits per heavy atom. The molecule has 10 heteroatoms. The largest absolute Gasteiger partial charge is 0.478 e. The summed E-state index contributed by atoms with van der Waals surface area (Å²) in [6, 6.07) is 2.36. The molecule has 1 N–H and O–H groups in total. The van der Waals surface area contributed by atoms with Gasteiger partial charge in [-0.15, -0.1) is 0 Å². The zero-order valence-corrected chi connectivity index (χ0v) is 11.8. The minimum atomic E-state index is -4.68. The first-order valence-electron chi connectivity index (χ1n) is 6.07. The number of hydrogen-bond acceptors (Lipinski definition) is 4. The molecule has 3 aromatic heterocycles. The van der Waals surface area contributed by atoms with Crippen molar-refractivity contribution in [1.82, 2.24) is 19.5 Å². The van der Waals surface area contributed by atoms with Gasteiger partial charge in [0.2, 0.25) is 0 Å². The number of fused-ring (bicyclic) bond motifs is 1. The average molecular weight is 343 g/mol. The van der Waals surface area contributed by atoms with Gasteiger partial charge in [0.1, 0.15) is 17.3 Å². The molecule has 118 valence electrons. The summed E-state index contributed by atoms with van der Waals surface area (Å²) in [6.07, 6.45) is -1.72. The van der Waals surface area contributed by atoms with Gasteiger partial charge in [0.05, 0.1) is 16.5 Å². The normalized spacial score (nSPS) is 11.8. The quantitative estimate of drug-likeness (QED) is 0.723. The van der Waals surface area contributed by atoms with Crippen LogP contribution in [0.1, 0.15) is 15.9 Å². The predicted molar refractivity (Wildman–Crippen MR) is 73.6 cm³/mol. The number of carbonyl (C=O) groups is 1. The molecule has 0 atom stereocenters. The summed E-state index contributed by atoms with van der Waals surface area (Å²) in [5.41, 5.74) is -1.27. The van der Waals surface area contributed by atoms with Gasteiger partial charge in [-0.2, -0.15) is 13.2 Å². The van der Waals surface area contributed by atoms with Crippen LogP contribution in [0.25, 0.3) is 16.9 Å². The maximum absolute atomic E-state index is 13.2. The SMILES string of the molecule is O=C(O)c1ccnc(-n2cc(C(F)(F)F)c3c(Cl)ncnc32)c1. The molecule has 6 nitrogen and oxygen atoms in total. The molecule has 0 aromatic carbocycles. The van der Waals surface area contributed by atoms with Gasteiger partial charge in [0.15, 0.2) is 5.65 Å². The second kappa shape index (κ2) is 5.20. The molecule has 3 rings (SSSR count). The van der Waals surface area contributed by atoms with Crippen LogP contribution in [0.15, 0.2) is 30.9 Å². The van der Waals surface area contributed by atoms with E-state index in [1.165, 1.54) is 12.3 Å². The molecule has 0 amide bonds. The lowest BCUT2D eigenvalue weighted by molar-refractivity contribution is -0.136. The standard InChI is InChI=1S/C13H6ClF3N4O2/c14-10-9-7(13(15,16)17)4-21(11(9)20-5-19-10)8-3-6(12(22)23)1-2-18-8/h1-5H,(H,22,23). The van der Waals surface area contributed by atoms with E-state index in [0.717, 1.165) is 23.2 Å². The zero-order chi connectivity index (χ0) is 16.8. The summed E-state index contributed by atoms with van der Waals surface area (Å²) < 4.78 is 40.6. The number of nitrogens with zero attached hydrogens (tertiary/aromatic N) is 4. The summed E-state index contributed by atoms with van der Waals surface area (Å²) in [7, 11) is 0. The Kier molecular flexibility index (Phi) is 3.44. The maximum Gasteiger partial charge on any atom is 0.418 e. The minimum absolute atomic E-state index is 0.0276. The molecule has 0 saturated carbocycles. The smallest absolute Gasteiger partial charge is 0.418 e. The molecule has 0 spiro atoms. The monoisotopic (exact) mass is 342 g/mol. The van der Waals surface area contributed by atoms with Gasteiger partial charge in [-0.1, -0.05) is 11.6 Å². The van der Waals surface area contributed by atoms with Crippen LogP contribution in [0.4, 0.5) is 13.2 Å². The Labute approximate surface area is 131 Å². The fourth-order valence-corrected chi connectivity index (χ4v) is 2.33. The number of alkyl halides is 3. The van der Waals surface area contributed by atoms with Crippen LogP contribution in [0.3, 0.4) is 0 Å². The van der Waals surface area contributed by atoms with Crippen LogP contribution in [-0.2, 0) is 6.18 Å². The third-order valence-corrected chi connectivity index (χ3v) is 3.37. The molecule has 0 saturated heterocycles. The van der Waals surface area contributed by atoms with Crippen LogP contribution in [-0.4, -0.2) is 30.6 Å². The lowest BCUT2D eigenvalue weighted by atomic mass is 10.2. The van der Waals surface area contributed by atoms with Crippen molar-refractivity contribution < 1.29 is 23.1 Å². The number of rotatable bonds is 2. The molecular weight excluding hydrogens is 337 g/mol. The molecule has 0 radical (unpaired) electrons. The third kappa shape index (κ3) is 2.59. The lowest BCUT2D eigenvalue weighted by Crippen LogP contribution is -2.04. The Morgan fingerprint density at radius 1 is 1.26 bits per heavy atom. The molecule has 23 heavy (non-hydrogen) atoms. The van der Waals surface area contributed by atoms with E-state index in [1.807, 2.05) is 0 Å². The molecule has 0 fully saturated rings. The van der Waals surface area contributed by atoms with Crippen molar-refractivity contribution in [3.63, 3.8) is 0 Å². The Bertz CT molecular complexity index is 923. The van der Waals surface area contributed by atoms with E-state index in [-0.39, 0.29) is 27.6 Å². The number of aromatic carboxylic acids is 1. The summed E-state index contributed by atoms with van der Waals surface area (Å²) in [5.74, 6) is -1.26. The Balaban J connectivity index is 2.33. The van der Waals surface area contributed by atoms with Gasteiger partial charge in [-0.25, -0.2) is 19.7 Å². The zero-order valence-electron chi connectivity index (χ0n) is 11.0. The highest BCUT2D eigenvalue weighted by Gasteiger charge is 2.36. The molecule has 0 aliphatic rings. The van der Waals surface area contributed by atoms with Crippen LogP contribution >= 0.6 is 11.6 Å². The summed E-state index contributed by atoms with van der Waals surface area (Å²) in [5, 5.41) is 8.26. The highest BCUT2D eigenvalue weighted by atomic mass is 35.5. The van der Waals surface area contributed by atoms with E-state index < -0.39 is 17.7 Å². The van der Waals surface area contributed by atoms with Crippen LogP contribution < -0.4 is 0 Å². The van der Waals surface area contributed by atoms with E-state index >= 15 is 0 Å². The molecule has 3 heterocycles. The number of carboxylic acids is 1. The highest BCUT2D eigenvalue weighted by Crippen LogP contribution is 2.38. The second-order valence-electron chi connectivity index (χ2n) is 4.48. The number of pyridine rings is 1. The highest BCUT2D eigenvalue weighted by molar-refractivity contribution is 6.34. The number of hydrogen-bond donors (Lipinski definition) is 1. The maximum atomic E-state index is 13.2. The van der Waals surface area contributed by atoms with Crippen molar-refractivity contribution in [2.45, 2.75) is 6.18 Å². The summed E-state index contributed by atoms with van der Waals surface area (Å²) >= 11 is 5.77. The fraction of sp³-hybridized carbons (Fsp3) is 0.0769.